The lowest BCUT2D eigenvalue weighted by Crippen LogP contribution is -2.35. The van der Waals surface area contributed by atoms with Gasteiger partial charge >= 0.3 is 0 Å². The summed E-state index contributed by atoms with van der Waals surface area (Å²) in [7, 11) is 2.99. The standard InChI is InChI=1S/C11H11ClN2O4/c1-6-11(15)18-13-14(6)8-5-9(16-2)7(12)4-10(8)17-3/h4-5H,1-3H3. The Morgan fingerprint density at radius 1 is 1.28 bits per heavy atom. The maximum absolute atomic E-state index is 11.3. The predicted octanol–water partition coefficient (Wildman–Crippen LogP) is 1.00. The lowest BCUT2D eigenvalue weighted by molar-refractivity contribution is -0.676. The summed E-state index contributed by atoms with van der Waals surface area (Å²) in [4.78, 5) is 0. The van der Waals surface area contributed by atoms with Crippen molar-refractivity contribution in [2.24, 2.45) is 0 Å². The molecule has 0 saturated heterocycles. The van der Waals surface area contributed by atoms with E-state index in [0.29, 0.717) is 27.9 Å². The lowest BCUT2D eigenvalue weighted by atomic mass is 10.2. The van der Waals surface area contributed by atoms with Gasteiger partial charge in [0.05, 0.1) is 30.6 Å². The molecule has 18 heavy (non-hydrogen) atoms. The molecule has 0 unspecified atom stereocenters. The van der Waals surface area contributed by atoms with Gasteiger partial charge in [-0.05, 0) is 4.68 Å². The molecule has 0 saturated carbocycles. The van der Waals surface area contributed by atoms with Crippen LogP contribution in [0.2, 0.25) is 5.02 Å². The fraction of sp³-hybridized carbons (Fsp3) is 0.273. The van der Waals surface area contributed by atoms with Crippen LogP contribution < -0.4 is 19.3 Å². The molecule has 96 valence electrons. The lowest BCUT2D eigenvalue weighted by Gasteiger charge is -2.06. The molecule has 2 rings (SSSR count). The van der Waals surface area contributed by atoms with Crippen molar-refractivity contribution in [2.75, 3.05) is 14.2 Å². The Kier molecular flexibility index (Phi) is 3.29. The van der Waals surface area contributed by atoms with Gasteiger partial charge in [0.25, 0.3) is 5.69 Å². The van der Waals surface area contributed by atoms with Crippen molar-refractivity contribution < 1.29 is 23.8 Å². The molecule has 0 aliphatic heterocycles. The summed E-state index contributed by atoms with van der Waals surface area (Å²) < 4.78 is 16.2. The van der Waals surface area contributed by atoms with E-state index in [9.17, 15) is 5.11 Å². The van der Waals surface area contributed by atoms with Crippen LogP contribution in [0.15, 0.2) is 16.7 Å². The Balaban J connectivity index is 2.65. The van der Waals surface area contributed by atoms with Gasteiger partial charge in [-0.25, -0.2) is 0 Å². The molecule has 1 heterocycles. The van der Waals surface area contributed by atoms with Gasteiger partial charge in [0, 0.05) is 13.0 Å². The molecule has 7 heteroatoms. The number of hydrogen-bond donors (Lipinski definition) is 0. The molecule has 0 amide bonds. The number of ether oxygens (including phenoxy) is 2. The third-order valence-corrected chi connectivity index (χ3v) is 2.80. The Hall–Kier alpha value is -1.95. The predicted molar refractivity (Wildman–Crippen MR) is 60.3 cm³/mol. The first-order chi connectivity index (χ1) is 8.58. The Morgan fingerprint density at radius 2 is 1.94 bits per heavy atom. The molecule has 0 fully saturated rings. The summed E-state index contributed by atoms with van der Waals surface area (Å²) >= 11 is 5.99. The normalized spacial score (nSPS) is 10.4. The first-order valence-electron chi connectivity index (χ1n) is 5.06. The maximum Gasteiger partial charge on any atom is 0.284 e. The molecule has 0 radical (unpaired) electrons. The van der Waals surface area contributed by atoms with E-state index in [4.69, 9.17) is 21.1 Å². The molecular formula is C11H11ClN2O4. The highest BCUT2D eigenvalue weighted by Crippen LogP contribution is 2.32. The zero-order valence-corrected chi connectivity index (χ0v) is 10.8. The SMILES string of the molecule is COc1cc(-[n+]2noc([O-])c2C)c(OC)cc1Cl. The second-order valence-corrected chi connectivity index (χ2v) is 3.92. The van der Waals surface area contributed by atoms with Gasteiger partial charge in [0.15, 0.2) is 11.7 Å². The van der Waals surface area contributed by atoms with Gasteiger partial charge in [-0.2, -0.15) is 0 Å². The monoisotopic (exact) mass is 270 g/mol. The third kappa shape index (κ3) is 1.95. The number of benzene rings is 1. The zero-order chi connectivity index (χ0) is 13.3. The summed E-state index contributed by atoms with van der Waals surface area (Å²) in [6.45, 7) is 1.60. The highest BCUT2D eigenvalue weighted by molar-refractivity contribution is 6.32. The molecule has 0 spiro atoms. The molecule has 6 nitrogen and oxygen atoms in total. The van der Waals surface area contributed by atoms with E-state index in [1.54, 1.807) is 19.1 Å². The van der Waals surface area contributed by atoms with Crippen LogP contribution in [0.4, 0.5) is 0 Å². The second kappa shape index (κ2) is 4.73. The summed E-state index contributed by atoms with van der Waals surface area (Å²) in [5.41, 5.74) is 0.847. The third-order valence-electron chi connectivity index (χ3n) is 2.50. The van der Waals surface area contributed by atoms with Gasteiger partial charge in [-0.15, -0.1) is 0 Å². The minimum atomic E-state index is -0.508. The summed E-state index contributed by atoms with van der Waals surface area (Å²) in [6.07, 6.45) is 0. The Labute approximate surface area is 108 Å². The molecule has 0 N–H and O–H groups in total. The zero-order valence-electron chi connectivity index (χ0n) is 10.1. The fourth-order valence-electron chi connectivity index (χ4n) is 1.53. The molecule has 2 aromatic rings. The minimum absolute atomic E-state index is 0.331. The number of methoxy groups -OCH3 is 2. The number of rotatable bonds is 3. The highest BCUT2D eigenvalue weighted by atomic mass is 35.5. The van der Waals surface area contributed by atoms with Crippen LogP contribution in [0.25, 0.3) is 5.69 Å². The second-order valence-electron chi connectivity index (χ2n) is 3.52. The Bertz CT molecular complexity index is 583. The topological polar surface area (TPSA) is 71.4 Å². The van der Waals surface area contributed by atoms with E-state index in [2.05, 4.69) is 9.79 Å². The van der Waals surface area contributed by atoms with Gasteiger partial charge < -0.3 is 19.1 Å². The fourth-order valence-corrected chi connectivity index (χ4v) is 1.76. The van der Waals surface area contributed by atoms with Crippen LogP contribution >= 0.6 is 11.6 Å². The molecular weight excluding hydrogens is 260 g/mol. The van der Waals surface area contributed by atoms with Crippen molar-refractivity contribution in [3.8, 4) is 23.1 Å². The molecule has 1 aromatic carbocycles. The van der Waals surface area contributed by atoms with E-state index in [-0.39, 0.29) is 0 Å². The summed E-state index contributed by atoms with van der Waals surface area (Å²) in [6, 6.07) is 3.21. The van der Waals surface area contributed by atoms with Gasteiger partial charge in [0.2, 0.25) is 5.69 Å². The van der Waals surface area contributed by atoms with Crippen LogP contribution in [0.5, 0.6) is 17.4 Å². The summed E-state index contributed by atoms with van der Waals surface area (Å²) in [5, 5.41) is 15.3. The van der Waals surface area contributed by atoms with Gasteiger partial charge in [-0.3, -0.25) is 0 Å². The number of hydrogen-bond acceptors (Lipinski definition) is 5. The van der Waals surface area contributed by atoms with Crippen LogP contribution in [-0.2, 0) is 0 Å². The highest BCUT2D eigenvalue weighted by Gasteiger charge is 2.23. The van der Waals surface area contributed by atoms with Crippen molar-refractivity contribution in [3.63, 3.8) is 0 Å². The van der Waals surface area contributed by atoms with E-state index < -0.39 is 5.95 Å². The first-order valence-corrected chi connectivity index (χ1v) is 5.43. The number of aromatic nitrogens is 2. The van der Waals surface area contributed by atoms with Crippen molar-refractivity contribution in [1.29, 1.82) is 0 Å². The van der Waals surface area contributed by atoms with Crippen LogP contribution in [0.1, 0.15) is 5.69 Å². The molecule has 0 aliphatic carbocycles. The Morgan fingerprint density at radius 3 is 2.44 bits per heavy atom. The number of halogens is 1. The average molecular weight is 271 g/mol. The quantitative estimate of drug-likeness (QED) is 0.778. The van der Waals surface area contributed by atoms with Crippen molar-refractivity contribution >= 4 is 11.6 Å². The van der Waals surface area contributed by atoms with E-state index in [0.717, 1.165) is 0 Å². The van der Waals surface area contributed by atoms with E-state index in [1.165, 1.54) is 18.9 Å². The number of nitrogens with zero attached hydrogens (tertiary/aromatic N) is 2. The van der Waals surface area contributed by atoms with Crippen LogP contribution in [-0.4, -0.2) is 19.5 Å². The van der Waals surface area contributed by atoms with Gasteiger partial charge in [-0.1, -0.05) is 11.6 Å². The first kappa shape index (κ1) is 12.5. The van der Waals surface area contributed by atoms with Crippen molar-refractivity contribution in [1.82, 2.24) is 5.27 Å². The molecule has 1 aromatic heterocycles. The molecule has 0 bridgehead atoms. The minimum Gasteiger partial charge on any atom is -0.539 e. The smallest absolute Gasteiger partial charge is 0.284 e. The van der Waals surface area contributed by atoms with Crippen LogP contribution in [0, 0.1) is 6.92 Å². The van der Waals surface area contributed by atoms with Gasteiger partial charge in [0.1, 0.15) is 5.75 Å². The van der Waals surface area contributed by atoms with Crippen molar-refractivity contribution in [2.45, 2.75) is 6.92 Å². The largest absolute Gasteiger partial charge is 0.539 e. The van der Waals surface area contributed by atoms with Crippen LogP contribution in [0.3, 0.4) is 0 Å². The summed E-state index contributed by atoms with van der Waals surface area (Å²) in [5.74, 6) is 0.406. The van der Waals surface area contributed by atoms with Crippen molar-refractivity contribution in [3.05, 3.63) is 22.8 Å². The maximum atomic E-state index is 11.3. The van der Waals surface area contributed by atoms with E-state index in [1.807, 2.05) is 0 Å². The van der Waals surface area contributed by atoms with E-state index >= 15 is 0 Å². The molecule has 0 atom stereocenters. The molecule has 0 aliphatic rings. The average Bonchev–Trinajstić information content (AvgIpc) is 2.70.